The van der Waals surface area contributed by atoms with Crippen LogP contribution < -0.4 is 4.90 Å². The Labute approximate surface area is 150 Å². The predicted octanol–water partition coefficient (Wildman–Crippen LogP) is 2.10. The Balaban J connectivity index is 2.22. The molecule has 0 saturated carbocycles. The number of nitrogens with zero attached hydrogens (tertiary/aromatic N) is 3. The van der Waals surface area contributed by atoms with Crippen molar-refractivity contribution in [1.82, 2.24) is 4.31 Å². The molecule has 2 rings (SSSR count). The molecular formula is C15H21F2N3O5S. The number of halogens is 2. The van der Waals surface area contributed by atoms with Crippen molar-refractivity contribution < 1.29 is 26.9 Å². The van der Waals surface area contributed by atoms with Gasteiger partial charge in [-0.15, -0.1) is 0 Å². The van der Waals surface area contributed by atoms with Crippen LogP contribution in [0, 0.1) is 10.1 Å². The zero-order valence-corrected chi connectivity index (χ0v) is 15.3. The highest BCUT2D eigenvalue weighted by molar-refractivity contribution is 7.89. The van der Waals surface area contributed by atoms with E-state index >= 15 is 0 Å². The van der Waals surface area contributed by atoms with E-state index in [1.165, 1.54) is 16.4 Å². The van der Waals surface area contributed by atoms with E-state index in [9.17, 15) is 27.3 Å². The van der Waals surface area contributed by atoms with Gasteiger partial charge in [0.2, 0.25) is 10.0 Å². The van der Waals surface area contributed by atoms with Crippen molar-refractivity contribution >= 4 is 21.4 Å². The number of benzene rings is 1. The number of nitro groups is 1. The quantitative estimate of drug-likeness (QED) is 0.471. The van der Waals surface area contributed by atoms with Crippen molar-refractivity contribution in [2.75, 3.05) is 37.7 Å². The zero-order valence-electron chi connectivity index (χ0n) is 14.5. The molecule has 0 aromatic heterocycles. The number of anilines is 1. The topological polar surface area (TPSA) is 93.0 Å². The first-order valence-electron chi connectivity index (χ1n) is 8.14. The molecule has 0 atom stereocenters. The number of alkyl halides is 2. The van der Waals surface area contributed by atoms with Crippen LogP contribution in [0.3, 0.4) is 0 Å². The van der Waals surface area contributed by atoms with Crippen LogP contribution in [-0.4, -0.2) is 63.0 Å². The Bertz CT molecular complexity index is 750. The van der Waals surface area contributed by atoms with Crippen molar-refractivity contribution in [3.05, 3.63) is 28.3 Å². The summed E-state index contributed by atoms with van der Waals surface area (Å²) in [6.45, 7) is 3.66. The molecule has 1 aromatic carbocycles. The monoisotopic (exact) mass is 393 g/mol. The lowest BCUT2D eigenvalue weighted by Crippen LogP contribution is -2.53. The van der Waals surface area contributed by atoms with Crippen molar-refractivity contribution in [2.24, 2.45) is 0 Å². The molecule has 0 N–H and O–H groups in total. The molecule has 26 heavy (non-hydrogen) atoms. The van der Waals surface area contributed by atoms with Gasteiger partial charge in [-0.2, -0.15) is 4.31 Å². The maximum Gasteiger partial charge on any atom is 0.293 e. The lowest BCUT2D eigenvalue weighted by Gasteiger charge is -2.40. The molecule has 11 heteroatoms. The summed E-state index contributed by atoms with van der Waals surface area (Å²) in [5, 5.41) is 11.4. The summed E-state index contributed by atoms with van der Waals surface area (Å²) in [6.07, 6.45) is -2.99. The van der Waals surface area contributed by atoms with Crippen molar-refractivity contribution in [2.45, 2.75) is 31.3 Å². The van der Waals surface area contributed by atoms with Crippen LogP contribution in [0.5, 0.6) is 0 Å². The second-order valence-corrected chi connectivity index (χ2v) is 7.69. The van der Waals surface area contributed by atoms with Crippen LogP contribution in [0.25, 0.3) is 0 Å². The molecule has 146 valence electrons. The number of hydrogen-bond donors (Lipinski definition) is 0. The average Bonchev–Trinajstić information content (AvgIpc) is 2.53. The Morgan fingerprint density at radius 2 is 1.96 bits per heavy atom. The Morgan fingerprint density at radius 3 is 2.46 bits per heavy atom. The number of nitro benzene ring substituents is 1. The smallest absolute Gasteiger partial charge is 0.293 e. The minimum atomic E-state index is -3.81. The normalized spacial score (nSPS) is 15.5. The van der Waals surface area contributed by atoms with Gasteiger partial charge in [0.1, 0.15) is 12.3 Å². The second-order valence-electron chi connectivity index (χ2n) is 5.75. The summed E-state index contributed by atoms with van der Waals surface area (Å²) in [4.78, 5) is 12.2. The molecule has 0 bridgehead atoms. The fourth-order valence-electron chi connectivity index (χ4n) is 2.74. The van der Waals surface area contributed by atoms with E-state index in [4.69, 9.17) is 4.74 Å². The summed E-state index contributed by atoms with van der Waals surface area (Å²) in [5.74, 6) is 0. The Morgan fingerprint density at radius 1 is 1.35 bits per heavy atom. The fourth-order valence-corrected chi connectivity index (χ4v) is 4.22. The summed E-state index contributed by atoms with van der Waals surface area (Å²) < 4.78 is 55.5. The van der Waals surface area contributed by atoms with E-state index in [-0.39, 0.29) is 42.4 Å². The van der Waals surface area contributed by atoms with Gasteiger partial charge in [-0.3, -0.25) is 10.1 Å². The van der Waals surface area contributed by atoms with Gasteiger partial charge in [0.15, 0.2) is 0 Å². The van der Waals surface area contributed by atoms with Crippen LogP contribution in [0.2, 0.25) is 0 Å². The van der Waals surface area contributed by atoms with Gasteiger partial charge in [-0.1, -0.05) is 13.8 Å². The Hall–Kier alpha value is -1.85. The first kappa shape index (κ1) is 20.5. The second kappa shape index (κ2) is 8.23. The van der Waals surface area contributed by atoms with E-state index < -0.39 is 34.1 Å². The van der Waals surface area contributed by atoms with E-state index in [1.807, 2.05) is 0 Å². The van der Waals surface area contributed by atoms with Crippen LogP contribution in [0.15, 0.2) is 23.1 Å². The lowest BCUT2D eigenvalue weighted by atomic mass is 10.1. The van der Waals surface area contributed by atoms with Gasteiger partial charge in [-0.25, -0.2) is 17.2 Å². The minimum absolute atomic E-state index is 0.150. The third-order valence-corrected chi connectivity index (χ3v) is 6.18. The van der Waals surface area contributed by atoms with Gasteiger partial charge in [-0.05, 0) is 12.1 Å². The van der Waals surface area contributed by atoms with Crippen molar-refractivity contribution in [1.29, 1.82) is 0 Å². The molecule has 0 radical (unpaired) electrons. The SMILES string of the molecule is CCN(CC)S(=O)(=O)c1ccc(N2CC(OCC(F)F)C2)c([N+](=O)[O-])c1. The van der Waals surface area contributed by atoms with Gasteiger partial charge in [0.25, 0.3) is 12.1 Å². The van der Waals surface area contributed by atoms with Crippen molar-refractivity contribution in [3.63, 3.8) is 0 Å². The summed E-state index contributed by atoms with van der Waals surface area (Å²) in [7, 11) is -3.81. The van der Waals surface area contributed by atoms with E-state index in [2.05, 4.69) is 0 Å². The van der Waals surface area contributed by atoms with Crippen molar-refractivity contribution in [3.8, 4) is 0 Å². The van der Waals surface area contributed by atoms with E-state index in [0.29, 0.717) is 0 Å². The highest BCUT2D eigenvalue weighted by atomic mass is 32.2. The number of ether oxygens (including phenoxy) is 1. The van der Waals surface area contributed by atoms with Gasteiger partial charge in [0.05, 0.1) is 15.9 Å². The largest absolute Gasteiger partial charge is 0.369 e. The number of hydrogen-bond acceptors (Lipinski definition) is 6. The molecule has 8 nitrogen and oxygen atoms in total. The van der Waals surface area contributed by atoms with Gasteiger partial charge < -0.3 is 9.64 Å². The molecule has 1 aliphatic heterocycles. The first-order chi connectivity index (χ1) is 12.2. The first-order valence-corrected chi connectivity index (χ1v) is 9.58. The zero-order chi connectivity index (χ0) is 19.5. The standard InChI is InChI=1S/C15H21F2N3O5S/c1-3-19(4-2)26(23,24)12-5-6-13(14(7-12)20(21)22)18-8-11(9-18)25-10-15(16)17/h5-7,11,15H,3-4,8-10H2,1-2H3. The number of sulfonamides is 1. The van der Waals surface area contributed by atoms with Crippen LogP contribution in [0.4, 0.5) is 20.2 Å². The summed E-state index contributed by atoms with van der Waals surface area (Å²) in [6, 6.07) is 3.73. The van der Waals surface area contributed by atoms with Crippen LogP contribution in [0.1, 0.15) is 13.8 Å². The molecule has 1 saturated heterocycles. The van der Waals surface area contributed by atoms with E-state index in [1.54, 1.807) is 18.7 Å². The molecule has 1 heterocycles. The Kier molecular flexibility index (Phi) is 6.48. The molecular weight excluding hydrogens is 372 g/mol. The molecule has 1 aliphatic rings. The third kappa shape index (κ3) is 4.27. The fraction of sp³-hybridized carbons (Fsp3) is 0.600. The maximum absolute atomic E-state index is 12.5. The summed E-state index contributed by atoms with van der Waals surface area (Å²) in [5.41, 5.74) is -0.101. The highest BCUT2D eigenvalue weighted by Crippen LogP contribution is 2.34. The molecule has 1 fully saturated rings. The average molecular weight is 393 g/mol. The third-order valence-electron chi connectivity index (χ3n) is 4.13. The highest BCUT2D eigenvalue weighted by Gasteiger charge is 2.34. The van der Waals surface area contributed by atoms with Gasteiger partial charge in [0, 0.05) is 32.2 Å². The molecule has 0 spiro atoms. The summed E-state index contributed by atoms with van der Waals surface area (Å²) >= 11 is 0. The predicted molar refractivity (Wildman–Crippen MR) is 91.2 cm³/mol. The van der Waals surface area contributed by atoms with Crippen LogP contribution >= 0.6 is 0 Å². The lowest BCUT2D eigenvalue weighted by molar-refractivity contribution is -0.384. The molecule has 0 aliphatic carbocycles. The molecule has 1 aromatic rings. The number of rotatable bonds is 9. The van der Waals surface area contributed by atoms with Crippen LogP contribution in [-0.2, 0) is 14.8 Å². The minimum Gasteiger partial charge on any atom is -0.369 e. The van der Waals surface area contributed by atoms with E-state index in [0.717, 1.165) is 6.07 Å². The van der Waals surface area contributed by atoms with Gasteiger partial charge >= 0.3 is 0 Å². The maximum atomic E-state index is 12.5. The molecule has 0 unspecified atom stereocenters. The molecule has 0 amide bonds.